The average Bonchev–Trinajstić information content (AvgIpc) is 2.80. The van der Waals surface area contributed by atoms with Gasteiger partial charge in [0.1, 0.15) is 18.8 Å². The molecule has 1 aromatic heterocycles. The fraction of sp³-hybridized carbons (Fsp3) is 0.364. The van der Waals surface area contributed by atoms with E-state index in [2.05, 4.69) is 20.2 Å². The van der Waals surface area contributed by atoms with E-state index >= 15 is 0 Å². The van der Waals surface area contributed by atoms with Crippen molar-refractivity contribution in [2.75, 3.05) is 51.9 Å². The SMILES string of the molecule is COc1cc2ncncc2cc1OCC(CN1CCOCC1)Nc1ccc(F)c(Cl)c1. The van der Waals surface area contributed by atoms with E-state index in [1.165, 1.54) is 12.4 Å². The number of ether oxygens (including phenoxy) is 3. The third-order valence-corrected chi connectivity index (χ3v) is 5.39. The van der Waals surface area contributed by atoms with E-state index in [1.807, 2.05) is 12.1 Å². The first-order chi connectivity index (χ1) is 15.1. The number of rotatable bonds is 8. The Morgan fingerprint density at radius 1 is 1.23 bits per heavy atom. The summed E-state index contributed by atoms with van der Waals surface area (Å²) in [6.45, 7) is 4.19. The Labute approximate surface area is 185 Å². The molecule has 0 aliphatic carbocycles. The molecule has 0 radical (unpaired) electrons. The Kier molecular flexibility index (Phi) is 7.01. The minimum atomic E-state index is -0.448. The van der Waals surface area contributed by atoms with Gasteiger partial charge in [-0.1, -0.05) is 11.6 Å². The minimum absolute atomic E-state index is 0.0761. The van der Waals surface area contributed by atoms with Crippen molar-refractivity contribution >= 4 is 28.2 Å². The second-order valence-electron chi connectivity index (χ2n) is 7.28. The molecular formula is C22H24ClFN4O3. The van der Waals surface area contributed by atoms with Crippen molar-refractivity contribution in [3.05, 3.63) is 53.7 Å². The van der Waals surface area contributed by atoms with Gasteiger partial charge in [0.15, 0.2) is 11.5 Å². The van der Waals surface area contributed by atoms with Gasteiger partial charge in [0.25, 0.3) is 0 Å². The average molecular weight is 447 g/mol. The molecule has 1 unspecified atom stereocenters. The maximum Gasteiger partial charge on any atom is 0.162 e. The summed E-state index contributed by atoms with van der Waals surface area (Å²) in [5.41, 5.74) is 1.51. The number of morpholine rings is 1. The molecular weight excluding hydrogens is 423 g/mol. The van der Waals surface area contributed by atoms with Crippen LogP contribution in [-0.2, 0) is 4.74 Å². The van der Waals surface area contributed by atoms with Gasteiger partial charge in [-0.25, -0.2) is 14.4 Å². The second kappa shape index (κ2) is 10.1. The van der Waals surface area contributed by atoms with E-state index in [-0.39, 0.29) is 11.1 Å². The molecule has 0 amide bonds. The first kappa shape index (κ1) is 21.5. The largest absolute Gasteiger partial charge is 0.493 e. The van der Waals surface area contributed by atoms with Crippen molar-refractivity contribution in [3.63, 3.8) is 0 Å². The molecule has 1 fully saturated rings. The van der Waals surface area contributed by atoms with E-state index in [9.17, 15) is 4.39 Å². The van der Waals surface area contributed by atoms with Crippen molar-refractivity contribution in [1.82, 2.24) is 14.9 Å². The smallest absolute Gasteiger partial charge is 0.162 e. The number of methoxy groups -OCH3 is 1. The third-order valence-electron chi connectivity index (χ3n) is 5.10. The van der Waals surface area contributed by atoms with E-state index in [1.54, 1.807) is 25.4 Å². The summed E-state index contributed by atoms with van der Waals surface area (Å²) in [5, 5.41) is 4.35. The standard InChI is InChI=1S/C22H24ClFN4O3/c1-29-21-10-20-15(11-25-14-26-20)8-22(21)31-13-17(12-28-4-6-30-7-5-28)27-16-2-3-19(24)18(23)9-16/h2-3,8-11,14,17,27H,4-7,12-13H2,1H3. The molecule has 1 aliphatic rings. The van der Waals surface area contributed by atoms with Gasteiger partial charge < -0.3 is 19.5 Å². The van der Waals surface area contributed by atoms with E-state index < -0.39 is 5.82 Å². The molecule has 9 heteroatoms. The van der Waals surface area contributed by atoms with Crippen LogP contribution in [0.3, 0.4) is 0 Å². The Morgan fingerprint density at radius 2 is 2.06 bits per heavy atom. The third kappa shape index (κ3) is 5.52. The molecule has 3 aromatic rings. The molecule has 1 saturated heterocycles. The van der Waals surface area contributed by atoms with Crippen molar-refractivity contribution < 1.29 is 18.6 Å². The molecule has 4 rings (SSSR count). The van der Waals surface area contributed by atoms with Gasteiger partial charge in [-0.3, -0.25) is 4.90 Å². The van der Waals surface area contributed by atoms with Gasteiger partial charge >= 0.3 is 0 Å². The lowest BCUT2D eigenvalue weighted by atomic mass is 10.2. The summed E-state index contributed by atoms with van der Waals surface area (Å²) < 4.78 is 30.7. The fourth-order valence-electron chi connectivity index (χ4n) is 3.51. The van der Waals surface area contributed by atoms with Crippen LogP contribution in [0.4, 0.5) is 10.1 Å². The molecule has 164 valence electrons. The zero-order valence-electron chi connectivity index (χ0n) is 17.2. The number of nitrogens with zero attached hydrogens (tertiary/aromatic N) is 3. The number of nitrogens with one attached hydrogen (secondary N) is 1. The highest BCUT2D eigenvalue weighted by atomic mass is 35.5. The summed E-state index contributed by atoms with van der Waals surface area (Å²) >= 11 is 5.96. The number of aromatic nitrogens is 2. The minimum Gasteiger partial charge on any atom is -0.493 e. The van der Waals surface area contributed by atoms with Crippen molar-refractivity contribution in [3.8, 4) is 11.5 Å². The second-order valence-corrected chi connectivity index (χ2v) is 7.69. The first-order valence-corrected chi connectivity index (χ1v) is 10.4. The van der Waals surface area contributed by atoms with Gasteiger partial charge in [-0.05, 0) is 24.3 Å². The van der Waals surface area contributed by atoms with E-state index in [4.69, 9.17) is 25.8 Å². The number of anilines is 1. The number of hydrogen-bond donors (Lipinski definition) is 1. The lowest BCUT2D eigenvalue weighted by Gasteiger charge is -2.31. The summed E-state index contributed by atoms with van der Waals surface area (Å²) in [5.74, 6) is 0.758. The van der Waals surface area contributed by atoms with Crippen LogP contribution >= 0.6 is 11.6 Å². The highest BCUT2D eigenvalue weighted by Gasteiger charge is 2.19. The molecule has 7 nitrogen and oxygen atoms in total. The van der Waals surface area contributed by atoms with Crippen LogP contribution in [0.15, 0.2) is 42.9 Å². The Hall–Kier alpha value is -2.68. The van der Waals surface area contributed by atoms with Crippen molar-refractivity contribution in [2.45, 2.75) is 6.04 Å². The normalized spacial score (nSPS) is 15.6. The molecule has 2 heterocycles. The Morgan fingerprint density at radius 3 is 2.84 bits per heavy atom. The molecule has 0 bridgehead atoms. The number of halogens is 2. The Balaban J connectivity index is 1.52. The van der Waals surface area contributed by atoms with Crippen LogP contribution < -0.4 is 14.8 Å². The molecule has 31 heavy (non-hydrogen) atoms. The van der Waals surface area contributed by atoms with Crippen molar-refractivity contribution in [2.24, 2.45) is 0 Å². The predicted molar refractivity (Wildman–Crippen MR) is 118 cm³/mol. The van der Waals surface area contributed by atoms with Gasteiger partial charge in [0.05, 0.1) is 36.9 Å². The topological polar surface area (TPSA) is 68.7 Å². The summed E-state index contributed by atoms with van der Waals surface area (Å²) in [6, 6.07) is 8.22. The van der Waals surface area contributed by atoms with Gasteiger partial charge in [0.2, 0.25) is 0 Å². The van der Waals surface area contributed by atoms with Crippen LogP contribution in [-0.4, -0.2) is 67.5 Å². The van der Waals surface area contributed by atoms with Gasteiger partial charge in [0, 0.05) is 43.0 Å². The maximum atomic E-state index is 13.6. The predicted octanol–water partition coefficient (Wildman–Crippen LogP) is 3.62. The zero-order valence-corrected chi connectivity index (χ0v) is 17.9. The number of fused-ring (bicyclic) bond motifs is 1. The van der Waals surface area contributed by atoms with Crippen LogP contribution in [0.5, 0.6) is 11.5 Å². The van der Waals surface area contributed by atoms with Crippen LogP contribution in [0.25, 0.3) is 10.9 Å². The van der Waals surface area contributed by atoms with Crippen LogP contribution in [0.1, 0.15) is 0 Å². The molecule has 0 saturated carbocycles. The van der Waals surface area contributed by atoms with E-state index in [0.29, 0.717) is 31.3 Å². The molecule has 2 aromatic carbocycles. The molecule has 1 atom stereocenters. The Bertz CT molecular complexity index is 1030. The molecule has 1 aliphatic heterocycles. The lowest BCUT2D eigenvalue weighted by molar-refractivity contribution is 0.0341. The van der Waals surface area contributed by atoms with Gasteiger partial charge in [-0.15, -0.1) is 0 Å². The highest BCUT2D eigenvalue weighted by Crippen LogP contribution is 2.31. The monoisotopic (exact) mass is 446 g/mol. The first-order valence-electron chi connectivity index (χ1n) is 10.0. The van der Waals surface area contributed by atoms with Crippen LogP contribution in [0.2, 0.25) is 5.02 Å². The maximum absolute atomic E-state index is 13.6. The lowest BCUT2D eigenvalue weighted by Crippen LogP contribution is -2.45. The summed E-state index contributed by atoms with van der Waals surface area (Å²) in [7, 11) is 1.60. The van der Waals surface area contributed by atoms with Crippen LogP contribution in [0, 0.1) is 5.82 Å². The summed E-state index contributed by atoms with van der Waals surface area (Å²) in [4.78, 5) is 10.6. The zero-order chi connectivity index (χ0) is 21.6. The molecule has 0 spiro atoms. The van der Waals surface area contributed by atoms with Gasteiger partial charge in [-0.2, -0.15) is 0 Å². The highest BCUT2D eigenvalue weighted by molar-refractivity contribution is 6.31. The summed E-state index contributed by atoms with van der Waals surface area (Å²) in [6.07, 6.45) is 3.23. The fourth-order valence-corrected chi connectivity index (χ4v) is 3.69. The van der Waals surface area contributed by atoms with Crippen molar-refractivity contribution in [1.29, 1.82) is 0 Å². The quantitative estimate of drug-likeness (QED) is 0.566. The van der Waals surface area contributed by atoms with E-state index in [0.717, 1.165) is 36.2 Å². The molecule has 1 N–H and O–H groups in total. The number of benzene rings is 2. The number of hydrogen-bond acceptors (Lipinski definition) is 7.